The molecular formula is C16H16ClFO2. The number of halogens is 2. The monoisotopic (exact) mass is 294 g/mol. The topological polar surface area (TPSA) is 29.5 Å². The summed E-state index contributed by atoms with van der Waals surface area (Å²) in [7, 11) is 1.54. The molecule has 0 aliphatic rings. The van der Waals surface area contributed by atoms with Gasteiger partial charge in [-0.2, -0.15) is 0 Å². The molecule has 2 rings (SSSR count). The van der Waals surface area contributed by atoms with Crippen LogP contribution in [-0.2, 0) is 11.2 Å². The number of ether oxygens (including phenoxy) is 1. The van der Waals surface area contributed by atoms with Gasteiger partial charge in [-0.05, 0) is 17.2 Å². The molecule has 20 heavy (non-hydrogen) atoms. The van der Waals surface area contributed by atoms with Gasteiger partial charge in [0.05, 0.1) is 11.1 Å². The van der Waals surface area contributed by atoms with E-state index in [-0.39, 0.29) is 11.4 Å². The van der Waals surface area contributed by atoms with E-state index < -0.39 is 18.0 Å². The van der Waals surface area contributed by atoms with E-state index in [1.165, 1.54) is 13.2 Å². The second-order valence-corrected chi connectivity index (χ2v) is 4.93. The van der Waals surface area contributed by atoms with E-state index in [2.05, 4.69) is 0 Å². The molecule has 2 unspecified atom stereocenters. The van der Waals surface area contributed by atoms with Gasteiger partial charge in [0.15, 0.2) is 0 Å². The van der Waals surface area contributed by atoms with Gasteiger partial charge in [0.1, 0.15) is 11.9 Å². The largest absolute Gasteiger partial charge is 0.390 e. The zero-order valence-corrected chi connectivity index (χ0v) is 11.8. The Bertz CT molecular complexity index is 560. The summed E-state index contributed by atoms with van der Waals surface area (Å²) in [6.07, 6.45) is -1.05. The Morgan fingerprint density at radius 2 is 1.85 bits per heavy atom. The predicted octanol–water partition coefficient (Wildman–Crippen LogP) is 3.77. The van der Waals surface area contributed by atoms with E-state index >= 15 is 0 Å². The Morgan fingerprint density at radius 3 is 2.50 bits per heavy atom. The molecule has 1 N–H and O–H groups in total. The van der Waals surface area contributed by atoms with E-state index in [0.717, 1.165) is 5.56 Å². The molecule has 2 atom stereocenters. The fourth-order valence-corrected chi connectivity index (χ4v) is 2.40. The molecule has 0 radical (unpaired) electrons. The Hall–Kier alpha value is -1.42. The van der Waals surface area contributed by atoms with E-state index in [4.69, 9.17) is 16.3 Å². The minimum Gasteiger partial charge on any atom is -0.390 e. The molecule has 0 amide bonds. The molecule has 0 saturated heterocycles. The number of aliphatic hydroxyl groups excluding tert-OH is 1. The van der Waals surface area contributed by atoms with Crippen molar-refractivity contribution in [2.24, 2.45) is 0 Å². The van der Waals surface area contributed by atoms with Gasteiger partial charge in [-0.3, -0.25) is 0 Å². The maximum absolute atomic E-state index is 13.4. The van der Waals surface area contributed by atoms with Gasteiger partial charge in [-0.25, -0.2) is 4.39 Å². The van der Waals surface area contributed by atoms with Crippen molar-refractivity contribution in [3.8, 4) is 0 Å². The van der Waals surface area contributed by atoms with Gasteiger partial charge in [0.25, 0.3) is 0 Å². The van der Waals surface area contributed by atoms with Gasteiger partial charge >= 0.3 is 0 Å². The summed E-state index contributed by atoms with van der Waals surface area (Å²) in [5, 5.41) is 10.4. The van der Waals surface area contributed by atoms with Crippen molar-refractivity contribution in [1.82, 2.24) is 0 Å². The molecule has 2 nitrogen and oxygen atoms in total. The van der Waals surface area contributed by atoms with Crippen molar-refractivity contribution in [1.29, 1.82) is 0 Å². The molecule has 0 saturated carbocycles. The highest BCUT2D eigenvalue weighted by molar-refractivity contribution is 6.31. The number of benzene rings is 2. The fraction of sp³-hybridized carbons (Fsp3) is 0.250. The molecule has 4 heteroatoms. The van der Waals surface area contributed by atoms with Crippen LogP contribution < -0.4 is 0 Å². The van der Waals surface area contributed by atoms with E-state index in [9.17, 15) is 9.50 Å². The SMILES string of the molecule is COC(c1ccccc1)C(O)Cc1cccc(F)c1Cl. The lowest BCUT2D eigenvalue weighted by molar-refractivity contribution is -0.0128. The minimum atomic E-state index is -0.804. The third kappa shape index (κ3) is 3.37. The third-order valence-electron chi connectivity index (χ3n) is 3.19. The summed E-state index contributed by atoms with van der Waals surface area (Å²) >= 11 is 5.90. The van der Waals surface area contributed by atoms with Crippen molar-refractivity contribution >= 4 is 11.6 Å². The first-order valence-corrected chi connectivity index (χ1v) is 6.70. The van der Waals surface area contributed by atoms with Crippen LogP contribution in [0.4, 0.5) is 4.39 Å². The van der Waals surface area contributed by atoms with Crippen molar-refractivity contribution < 1.29 is 14.2 Å². The van der Waals surface area contributed by atoms with Crippen LogP contribution in [0.5, 0.6) is 0 Å². The maximum Gasteiger partial charge on any atom is 0.142 e. The molecule has 106 valence electrons. The number of methoxy groups -OCH3 is 1. The average molecular weight is 295 g/mol. The molecule has 0 aliphatic carbocycles. The predicted molar refractivity (Wildman–Crippen MR) is 77.3 cm³/mol. The Balaban J connectivity index is 2.18. The van der Waals surface area contributed by atoms with Crippen molar-refractivity contribution in [3.05, 3.63) is 70.5 Å². The lowest BCUT2D eigenvalue weighted by Crippen LogP contribution is -2.23. The summed E-state index contributed by atoms with van der Waals surface area (Å²) in [4.78, 5) is 0. The number of hydrogen-bond donors (Lipinski definition) is 1. The average Bonchev–Trinajstić information content (AvgIpc) is 2.46. The smallest absolute Gasteiger partial charge is 0.142 e. The zero-order chi connectivity index (χ0) is 14.5. The van der Waals surface area contributed by atoms with E-state index in [1.807, 2.05) is 30.3 Å². The highest BCUT2D eigenvalue weighted by atomic mass is 35.5. The standard InChI is InChI=1S/C16H16ClFO2/c1-20-16(11-6-3-2-4-7-11)14(19)10-12-8-5-9-13(18)15(12)17/h2-9,14,16,19H,10H2,1H3. The molecule has 0 fully saturated rings. The second kappa shape index (κ2) is 6.84. The summed E-state index contributed by atoms with van der Waals surface area (Å²) in [6, 6.07) is 14.0. The molecule has 0 spiro atoms. The lowest BCUT2D eigenvalue weighted by atomic mass is 9.98. The Kier molecular flexibility index (Phi) is 5.12. The van der Waals surface area contributed by atoms with Gasteiger partial charge in [0.2, 0.25) is 0 Å². The molecule has 0 aromatic heterocycles. The molecule has 0 aliphatic heterocycles. The van der Waals surface area contributed by atoms with Gasteiger partial charge in [-0.1, -0.05) is 54.1 Å². The summed E-state index contributed by atoms with van der Waals surface area (Å²) in [5.41, 5.74) is 1.44. The van der Waals surface area contributed by atoms with Crippen molar-refractivity contribution in [2.75, 3.05) is 7.11 Å². The minimum absolute atomic E-state index is 0.0504. The maximum atomic E-state index is 13.4. The number of rotatable bonds is 5. The quantitative estimate of drug-likeness (QED) is 0.909. The van der Waals surface area contributed by atoms with Crippen molar-refractivity contribution in [2.45, 2.75) is 18.6 Å². The van der Waals surface area contributed by atoms with E-state index in [1.54, 1.807) is 12.1 Å². The summed E-state index contributed by atoms with van der Waals surface area (Å²) in [5.74, 6) is -0.481. The lowest BCUT2D eigenvalue weighted by Gasteiger charge is -2.22. The highest BCUT2D eigenvalue weighted by Crippen LogP contribution is 2.26. The summed E-state index contributed by atoms with van der Waals surface area (Å²) < 4.78 is 18.7. The first-order chi connectivity index (χ1) is 9.63. The van der Waals surface area contributed by atoms with Crippen LogP contribution in [-0.4, -0.2) is 18.3 Å². The van der Waals surface area contributed by atoms with Gasteiger partial charge < -0.3 is 9.84 Å². The van der Waals surface area contributed by atoms with Gasteiger partial charge in [-0.15, -0.1) is 0 Å². The normalized spacial score (nSPS) is 14.0. The molecule has 0 bridgehead atoms. The van der Waals surface area contributed by atoms with Crippen molar-refractivity contribution in [3.63, 3.8) is 0 Å². The summed E-state index contributed by atoms with van der Waals surface area (Å²) in [6.45, 7) is 0. The van der Waals surface area contributed by atoms with E-state index in [0.29, 0.717) is 5.56 Å². The second-order valence-electron chi connectivity index (χ2n) is 4.55. The third-order valence-corrected chi connectivity index (χ3v) is 3.62. The van der Waals surface area contributed by atoms with Crippen LogP contribution in [0, 0.1) is 5.82 Å². The Morgan fingerprint density at radius 1 is 1.15 bits per heavy atom. The highest BCUT2D eigenvalue weighted by Gasteiger charge is 2.22. The zero-order valence-electron chi connectivity index (χ0n) is 11.1. The van der Waals surface area contributed by atoms with Crippen LogP contribution in [0.15, 0.2) is 48.5 Å². The number of aliphatic hydroxyl groups is 1. The molecule has 2 aromatic carbocycles. The fourth-order valence-electron chi connectivity index (χ4n) is 2.20. The van der Waals surface area contributed by atoms with Crippen LogP contribution in [0.3, 0.4) is 0 Å². The molecule has 0 heterocycles. The van der Waals surface area contributed by atoms with Crippen LogP contribution in [0.25, 0.3) is 0 Å². The van der Waals surface area contributed by atoms with Crippen LogP contribution in [0.1, 0.15) is 17.2 Å². The Labute approximate surface area is 122 Å². The molecular weight excluding hydrogens is 279 g/mol. The first-order valence-electron chi connectivity index (χ1n) is 6.32. The molecule has 2 aromatic rings. The van der Waals surface area contributed by atoms with Crippen LogP contribution >= 0.6 is 11.6 Å². The van der Waals surface area contributed by atoms with Crippen LogP contribution in [0.2, 0.25) is 5.02 Å². The number of hydrogen-bond acceptors (Lipinski definition) is 2. The van der Waals surface area contributed by atoms with Gasteiger partial charge in [0, 0.05) is 13.5 Å². The first kappa shape index (κ1) is 15.0.